The van der Waals surface area contributed by atoms with Gasteiger partial charge < -0.3 is 4.74 Å². The molecule has 0 aliphatic heterocycles. The second-order valence-corrected chi connectivity index (χ2v) is 3.93. The Morgan fingerprint density at radius 3 is 2.65 bits per heavy atom. The lowest BCUT2D eigenvalue weighted by Gasteiger charge is -2.08. The topological polar surface area (TPSA) is 60.8 Å². The highest BCUT2D eigenvalue weighted by atomic mass is 35.5. The van der Waals surface area contributed by atoms with Crippen LogP contribution in [0.2, 0.25) is 5.28 Å². The molecule has 6 heteroatoms. The van der Waals surface area contributed by atoms with E-state index in [-0.39, 0.29) is 17.4 Å². The number of pyridine rings is 1. The Labute approximate surface area is 104 Å². The second kappa shape index (κ2) is 5.05. The van der Waals surface area contributed by atoms with Crippen LogP contribution >= 0.6 is 11.6 Å². The molecule has 17 heavy (non-hydrogen) atoms. The van der Waals surface area contributed by atoms with Gasteiger partial charge in [-0.1, -0.05) is 6.07 Å². The van der Waals surface area contributed by atoms with Crippen LogP contribution in [0.15, 0.2) is 24.4 Å². The van der Waals surface area contributed by atoms with Gasteiger partial charge in [0.15, 0.2) is 5.82 Å². The summed E-state index contributed by atoms with van der Waals surface area (Å²) in [6.07, 6.45) is 1.64. The highest BCUT2D eigenvalue weighted by Crippen LogP contribution is 2.16. The molecule has 0 spiro atoms. The fourth-order valence-corrected chi connectivity index (χ4v) is 1.36. The van der Waals surface area contributed by atoms with Gasteiger partial charge in [0.05, 0.1) is 6.10 Å². The molecule has 0 saturated heterocycles. The maximum Gasteiger partial charge on any atom is 0.321 e. The van der Waals surface area contributed by atoms with Gasteiger partial charge in [0.25, 0.3) is 0 Å². The third kappa shape index (κ3) is 3.10. The molecule has 0 aliphatic carbocycles. The Morgan fingerprint density at radius 1 is 1.18 bits per heavy atom. The van der Waals surface area contributed by atoms with E-state index >= 15 is 0 Å². The Kier molecular flexibility index (Phi) is 3.49. The van der Waals surface area contributed by atoms with Gasteiger partial charge in [0, 0.05) is 6.20 Å². The van der Waals surface area contributed by atoms with E-state index in [1.54, 1.807) is 12.3 Å². The van der Waals surface area contributed by atoms with Crippen LogP contribution in [0, 0.1) is 0 Å². The first-order valence-electron chi connectivity index (χ1n) is 5.15. The molecule has 0 aromatic carbocycles. The highest BCUT2D eigenvalue weighted by molar-refractivity contribution is 6.28. The van der Waals surface area contributed by atoms with Crippen molar-refractivity contribution in [2.45, 2.75) is 20.0 Å². The Bertz CT molecular complexity index is 504. The Hall–Kier alpha value is -1.75. The van der Waals surface area contributed by atoms with Crippen LogP contribution in [0.3, 0.4) is 0 Å². The van der Waals surface area contributed by atoms with Gasteiger partial charge in [0.2, 0.25) is 5.28 Å². The standard InChI is InChI=1S/C11H11ClN4O/c1-7(2)17-11-15-9(14-10(12)16-11)8-5-3-4-6-13-8/h3-7H,1-2H3. The summed E-state index contributed by atoms with van der Waals surface area (Å²) in [5.41, 5.74) is 0.630. The summed E-state index contributed by atoms with van der Waals surface area (Å²) in [4.78, 5) is 16.2. The minimum atomic E-state index is -0.0231. The number of rotatable bonds is 3. The molecule has 0 N–H and O–H groups in total. The summed E-state index contributed by atoms with van der Waals surface area (Å²) < 4.78 is 5.38. The number of aromatic nitrogens is 4. The summed E-state index contributed by atoms with van der Waals surface area (Å²) in [7, 11) is 0. The molecule has 0 saturated carbocycles. The molecular formula is C11H11ClN4O. The zero-order chi connectivity index (χ0) is 12.3. The second-order valence-electron chi connectivity index (χ2n) is 3.59. The van der Waals surface area contributed by atoms with E-state index in [4.69, 9.17) is 16.3 Å². The number of nitrogens with zero attached hydrogens (tertiary/aromatic N) is 4. The van der Waals surface area contributed by atoms with Crippen molar-refractivity contribution in [3.8, 4) is 17.5 Å². The van der Waals surface area contributed by atoms with Gasteiger partial charge >= 0.3 is 6.01 Å². The highest BCUT2D eigenvalue weighted by Gasteiger charge is 2.09. The zero-order valence-electron chi connectivity index (χ0n) is 9.46. The van der Waals surface area contributed by atoms with E-state index < -0.39 is 0 Å². The average Bonchev–Trinajstić information content (AvgIpc) is 2.28. The molecule has 0 unspecified atom stereocenters. The smallest absolute Gasteiger partial charge is 0.321 e. The normalized spacial score (nSPS) is 10.6. The lowest BCUT2D eigenvalue weighted by atomic mass is 10.3. The predicted molar refractivity (Wildman–Crippen MR) is 63.8 cm³/mol. The van der Waals surface area contributed by atoms with Crippen molar-refractivity contribution in [1.29, 1.82) is 0 Å². The van der Waals surface area contributed by atoms with E-state index in [0.717, 1.165) is 0 Å². The molecule has 0 amide bonds. The summed E-state index contributed by atoms with van der Waals surface area (Å²) in [6.45, 7) is 3.77. The van der Waals surface area contributed by atoms with Gasteiger partial charge in [-0.15, -0.1) is 0 Å². The molecule has 2 rings (SSSR count). The van der Waals surface area contributed by atoms with Crippen molar-refractivity contribution in [2.24, 2.45) is 0 Å². The van der Waals surface area contributed by atoms with Crippen LogP contribution in [-0.2, 0) is 0 Å². The largest absolute Gasteiger partial charge is 0.461 e. The fourth-order valence-electron chi connectivity index (χ4n) is 1.21. The van der Waals surface area contributed by atoms with Gasteiger partial charge in [0.1, 0.15) is 5.69 Å². The van der Waals surface area contributed by atoms with Gasteiger partial charge in [-0.3, -0.25) is 4.98 Å². The lowest BCUT2D eigenvalue weighted by Crippen LogP contribution is -2.09. The summed E-state index contributed by atoms with van der Waals surface area (Å²) in [5, 5.41) is 0.0938. The molecule has 2 aromatic heterocycles. The Balaban J connectivity index is 2.38. The summed E-state index contributed by atoms with van der Waals surface area (Å²) in [6, 6.07) is 5.67. The molecule has 0 aliphatic rings. The molecule has 88 valence electrons. The third-order valence-electron chi connectivity index (χ3n) is 1.82. The molecule has 0 radical (unpaired) electrons. The number of halogens is 1. The first kappa shape index (κ1) is 11.7. The van der Waals surface area contributed by atoms with Crippen molar-refractivity contribution < 1.29 is 4.74 Å². The van der Waals surface area contributed by atoms with Crippen LogP contribution in [0.1, 0.15) is 13.8 Å². The molecule has 2 aromatic rings. The van der Waals surface area contributed by atoms with E-state index in [1.807, 2.05) is 26.0 Å². The first-order chi connectivity index (χ1) is 8.15. The third-order valence-corrected chi connectivity index (χ3v) is 1.99. The number of ether oxygens (including phenoxy) is 1. The van der Waals surface area contributed by atoms with Crippen molar-refractivity contribution >= 4 is 11.6 Å². The van der Waals surface area contributed by atoms with E-state index in [9.17, 15) is 0 Å². The van der Waals surface area contributed by atoms with Gasteiger partial charge in [-0.25, -0.2) is 0 Å². The fraction of sp³-hybridized carbons (Fsp3) is 0.273. The van der Waals surface area contributed by atoms with Crippen molar-refractivity contribution in [2.75, 3.05) is 0 Å². The maximum atomic E-state index is 5.81. The predicted octanol–water partition coefficient (Wildman–Crippen LogP) is 2.37. The molecule has 2 heterocycles. The van der Waals surface area contributed by atoms with E-state index in [1.165, 1.54) is 0 Å². The molecular weight excluding hydrogens is 240 g/mol. The SMILES string of the molecule is CC(C)Oc1nc(Cl)nc(-c2ccccn2)n1. The van der Waals surface area contributed by atoms with Crippen LogP contribution in [0.25, 0.3) is 11.5 Å². The van der Waals surface area contributed by atoms with E-state index in [0.29, 0.717) is 11.5 Å². The van der Waals surface area contributed by atoms with Gasteiger partial charge in [-0.05, 0) is 37.6 Å². The zero-order valence-corrected chi connectivity index (χ0v) is 10.2. The number of hydrogen-bond acceptors (Lipinski definition) is 5. The maximum absolute atomic E-state index is 5.81. The van der Waals surface area contributed by atoms with Crippen LogP contribution in [-0.4, -0.2) is 26.0 Å². The number of hydrogen-bond donors (Lipinski definition) is 0. The average molecular weight is 251 g/mol. The minimum absolute atomic E-state index is 0.0231. The Morgan fingerprint density at radius 2 is 2.00 bits per heavy atom. The lowest BCUT2D eigenvalue weighted by molar-refractivity contribution is 0.222. The molecule has 5 nitrogen and oxygen atoms in total. The van der Waals surface area contributed by atoms with Crippen molar-refractivity contribution in [3.63, 3.8) is 0 Å². The summed E-state index contributed by atoms with van der Waals surface area (Å²) in [5.74, 6) is 0.404. The van der Waals surface area contributed by atoms with Crippen molar-refractivity contribution in [3.05, 3.63) is 29.7 Å². The van der Waals surface area contributed by atoms with Gasteiger partial charge in [-0.2, -0.15) is 15.0 Å². The first-order valence-corrected chi connectivity index (χ1v) is 5.52. The monoisotopic (exact) mass is 250 g/mol. The van der Waals surface area contributed by atoms with Crippen molar-refractivity contribution in [1.82, 2.24) is 19.9 Å². The van der Waals surface area contributed by atoms with Crippen LogP contribution in [0.5, 0.6) is 6.01 Å². The summed E-state index contributed by atoms with van der Waals surface area (Å²) >= 11 is 5.81. The minimum Gasteiger partial charge on any atom is -0.461 e. The molecule has 0 bridgehead atoms. The van der Waals surface area contributed by atoms with Crippen LogP contribution in [0.4, 0.5) is 0 Å². The molecule has 0 atom stereocenters. The quantitative estimate of drug-likeness (QED) is 0.837. The van der Waals surface area contributed by atoms with Crippen LogP contribution < -0.4 is 4.74 Å². The molecule has 0 fully saturated rings. The van der Waals surface area contributed by atoms with E-state index in [2.05, 4.69) is 19.9 Å².